The summed E-state index contributed by atoms with van der Waals surface area (Å²) in [6, 6.07) is 0. The van der Waals surface area contributed by atoms with Crippen molar-refractivity contribution in [2.24, 2.45) is 5.41 Å². The van der Waals surface area contributed by atoms with Gasteiger partial charge in [-0.2, -0.15) is 5.10 Å². The van der Waals surface area contributed by atoms with E-state index in [1.165, 1.54) is 0 Å². The summed E-state index contributed by atoms with van der Waals surface area (Å²) in [5.74, 6) is -0.835. The number of aromatic amines is 1. The number of H-pyrrole nitrogens is 1. The average molecular weight is 333 g/mol. The van der Waals surface area contributed by atoms with E-state index in [0.29, 0.717) is 19.4 Å². The van der Waals surface area contributed by atoms with E-state index in [2.05, 4.69) is 10.2 Å². The van der Waals surface area contributed by atoms with Crippen molar-refractivity contribution in [2.75, 3.05) is 13.1 Å². The number of carboxylic acid groups (broad SMARTS) is 1. The van der Waals surface area contributed by atoms with Gasteiger partial charge in [0.2, 0.25) is 5.91 Å². The number of nitrogens with zero attached hydrogens (tertiary/aromatic N) is 2. The van der Waals surface area contributed by atoms with E-state index in [9.17, 15) is 14.7 Å². The van der Waals surface area contributed by atoms with E-state index in [1.54, 1.807) is 4.90 Å². The van der Waals surface area contributed by atoms with Gasteiger partial charge < -0.3 is 10.0 Å². The van der Waals surface area contributed by atoms with Gasteiger partial charge in [0.05, 0.1) is 17.5 Å². The quantitative estimate of drug-likeness (QED) is 0.811. The number of aliphatic carboxylic acids is 1. The zero-order chi connectivity index (χ0) is 17.9. The molecule has 6 heteroatoms. The largest absolute Gasteiger partial charge is 0.481 e. The summed E-state index contributed by atoms with van der Waals surface area (Å²) in [5, 5.41) is 16.8. The van der Waals surface area contributed by atoms with Crippen LogP contribution in [-0.2, 0) is 16.0 Å². The first kappa shape index (κ1) is 18.2. The molecule has 1 atom stereocenters. The molecule has 1 amide bonds. The van der Waals surface area contributed by atoms with E-state index in [1.807, 2.05) is 33.8 Å². The van der Waals surface area contributed by atoms with Gasteiger partial charge in [0.1, 0.15) is 0 Å². The van der Waals surface area contributed by atoms with Crippen LogP contribution in [0.2, 0.25) is 0 Å². The Labute approximate surface area is 142 Å². The van der Waals surface area contributed by atoms with Crippen LogP contribution in [0.15, 0.2) is 11.6 Å². The number of nitrogens with one attached hydrogen (secondary N) is 1. The van der Waals surface area contributed by atoms with Crippen LogP contribution >= 0.6 is 0 Å². The molecule has 0 unspecified atom stereocenters. The predicted molar refractivity (Wildman–Crippen MR) is 91.7 cm³/mol. The standard InChI is InChI=1S/C18H27N3O3/c1-12(2)6-8-18(17(23)24)7-5-9-21(11-18)16(22)10-15-13(3)19-20-14(15)4/h6H,5,7-11H2,1-4H3,(H,19,20)(H,23,24)/t18-/m0/s1. The summed E-state index contributed by atoms with van der Waals surface area (Å²) in [4.78, 5) is 26.3. The fourth-order valence-electron chi connectivity index (χ4n) is 3.27. The molecule has 0 aromatic carbocycles. The molecule has 2 rings (SSSR count). The summed E-state index contributed by atoms with van der Waals surface area (Å²) in [6.45, 7) is 8.60. The van der Waals surface area contributed by atoms with Crippen LogP contribution in [0.5, 0.6) is 0 Å². The number of carbonyl (C=O) groups excluding carboxylic acids is 1. The lowest BCUT2D eigenvalue weighted by atomic mass is 9.76. The van der Waals surface area contributed by atoms with E-state index in [-0.39, 0.29) is 18.9 Å². The first-order valence-electron chi connectivity index (χ1n) is 8.40. The van der Waals surface area contributed by atoms with Gasteiger partial charge in [0.25, 0.3) is 0 Å². The highest BCUT2D eigenvalue weighted by molar-refractivity contribution is 5.81. The van der Waals surface area contributed by atoms with Crippen molar-refractivity contribution in [3.8, 4) is 0 Å². The van der Waals surface area contributed by atoms with Crippen molar-refractivity contribution in [2.45, 2.75) is 53.4 Å². The molecule has 1 aromatic rings. The molecule has 24 heavy (non-hydrogen) atoms. The van der Waals surface area contributed by atoms with Crippen LogP contribution in [-0.4, -0.2) is 45.2 Å². The average Bonchev–Trinajstić information content (AvgIpc) is 2.85. The van der Waals surface area contributed by atoms with Crippen molar-refractivity contribution >= 4 is 11.9 Å². The van der Waals surface area contributed by atoms with Gasteiger partial charge in [0, 0.05) is 24.3 Å². The molecular formula is C18H27N3O3. The molecule has 0 saturated carbocycles. The summed E-state index contributed by atoms with van der Waals surface area (Å²) < 4.78 is 0. The lowest BCUT2D eigenvalue weighted by Crippen LogP contribution is -2.50. The monoisotopic (exact) mass is 333 g/mol. The van der Waals surface area contributed by atoms with Gasteiger partial charge in [-0.05, 0) is 47.0 Å². The first-order valence-corrected chi connectivity index (χ1v) is 8.40. The van der Waals surface area contributed by atoms with Gasteiger partial charge >= 0.3 is 5.97 Å². The Morgan fingerprint density at radius 1 is 1.38 bits per heavy atom. The van der Waals surface area contributed by atoms with Crippen molar-refractivity contribution < 1.29 is 14.7 Å². The van der Waals surface area contributed by atoms with E-state index >= 15 is 0 Å². The highest BCUT2D eigenvalue weighted by Crippen LogP contribution is 2.35. The third kappa shape index (κ3) is 3.86. The second kappa shape index (κ2) is 7.20. The van der Waals surface area contributed by atoms with Gasteiger partial charge in [-0.15, -0.1) is 0 Å². The minimum Gasteiger partial charge on any atom is -0.481 e. The van der Waals surface area contributed by atoms with Gasteiger partial charge in [0.15, 0.2) is 0 Å². The minimum absolute atomic E-state index is 0.0230. The fourth-order valence-corrected chi connectivity index (χ4v) is 3.27. The van der Waals surface area contributed by atoms with E-state index in [4.69, 9.17) is 0 Å². The molecule has 6 nitrogen and oxygen atoms in total. The summed E-state index contributed by atoms with van der Waals surface area (Å²) in [5.41, 5.74) is 2.87. The van der Waals surface area contributed by atoms with Crippen molar-refractivity contribution in [1.29, 1.82) is 0 Å². The number of allylic oxidation sites excluding steroid dienone is 2. The number of hydrogen-bond acceptors (Lipinski definition) is 3. The Bertz CT molecular complexity index is 639. The number of piperidine rings is 1. The van der Waals surface area contributed by atoms with Crippen LogP contribution in [0.4, 0.5) is 0 Å². The van der Waals surface area contributed by atoms with Crippen molar-refractivity contribution in [3.05, 3.63) is 28.6 Å². The molecule has 2 heterocycles. The zero-order valence-corrected chi connectivity index (χ0v) is 15.0. The third-order valence-corrected chi connectivity index (χ3v) is 4.89. The first-order chi connectivity index (χ1) is 11.2. The number of aromatic nitrogens is 2. The molecule has 2 N–H and O–H groups in total. The van der Waals surface area contributed by atoms with Crippen molar-refractivity contribution in [3.63, 3.8) is 0 Å². The lowest BCUT2D eigenvalue weighted by Gasteiger charge is -2.39. The van der Waals surface area contributed by atoms with Crippen LogP contribution in [0.25, 0.3) is 0 Å². The number of carboxylic acids is 1. The molecule has 132 valence electrons. The van der Waals surface area contributed by atoms with Crippen molar-refractivity contribution in [1.82, 2.24) is 15.1 Å². The van der Waals surface area contributed by atoms with Gasteiger partial charge in [-0.1, -0.05) is 11.6 Å². The molecule has 0 aliphatic carbocycles. The lowest BCUT2D eigenvalue weighted by molar-refractivity contribution is -0.154. The molecule has 0 spiro atoms. The second-order valence-electron chi connectivity index (χ2n) is 7.08. The minimum atomic E-state index is -0.869. The fraction of sp³-hybridized carbons (Fsp3) is 0.611. The third-order valence-electron chi connectivity index (χ3n) is 4.89. The maximum Gasteiger partial charge on any atom is 0.311 e. The second-order valence-corrected chi connectivity index (χ2v) is 7.08. The predicted octanol–water partition coefficient (Wildman–Crippen LogP) is 2.62. The highest BCUT2D eigenvalue weighted by atomic mass is 16.4. The smallest absolute Gasteiger partial charge is 0.311 e. The number of carbonyl (C=O) groups is 2. The number of amides is 1. The Balaban J connectivity index is 2.14. The Morgan fingerprint density at radius 3 is 2.62 bits per heavy atom. The maximum atomic E-state index is 12.7. The summed E-state index contributed by atoms with van der Waals surface area (Å²) in [7, 11) is 0. The highest BCUT2D eigenvalue weighted by Gasteiger charge is 2.42. The molecule has 1 saturated heterocycles. The normalized spacial score (nSPS) is 20.8. The molecule has 0 bridgehead atoms. The molecule has 1 fully saturated rings. The molecular weight excluding hydrogens is 306 g/mol. The Morgan fingerprint density at radius 2 is 2.08 bits per heavy atom. The SMILES string of the molecule is CC(C)=CC[C@@]1(C(=O)O)CCCN(C(=O)Cc2c(C)n[nH]c2C)C1. The maximum absolute atomic E-state index is 12.7. The Hall–Kier alpha value is -2.11. The molecule has 1 aliphatic rings. The molecule has 1 aliphatic heterocycles. The summed E-state index contributed by atoms with van der Waals surface area (Å²) in [6.07, 6.45) is 4.04. The number of likely N-dealkylation sites (tertiary alicyclic amines) is 1. The van der Waals surface area contributed by atoms with Crippen LogP contribution in [0, 0.1) is 19.3 Å². The number of rotatable bonds is 5. The van der Waals surface area contributed by atoms with Crippen LogP contribution < -0.4 is 0 Å². The van der Waals surface area contributed by atoms with E-state index < -0.39 is 11.4 Å². The van der Waals surface area contributed by atoms with E-state index in [0.717, 1.165) is 28.9 Å². The zero-order valence-electron chi connectivity index (χ0n) is 15.0. The summed E-state index contributed by atoms with van der Waals surface area (Å²) >= 11 is 0. The van der Waals surface area contributed by atoms with Gasteiger partial charge in [-0.3, -0.25) is 14.7 Å². The molecule has 0 radical (unpaired) electrons. The van der Waals surface area contributed by atoms with Crippen LogP contribution in [0.3, 0.4) is 0 Å². The van der Waals surface area contributed by atoms with Crippen LogP contribution in [0.1, 0.15) is 50.1 Å². The number of hydrogen-bond donors (Lipinski definition) is 2. The van der Waals surface area contributed by atoms with Gasteiger partial charge in [-0.25, -0.2) is 0 Å². The number of aryl methyl sites for hydroxylation is 2. The topological polar surface area (TPSA) is 86.3 Å². The Kier molecular flexibility index (Phi) is 5.47. The molecule has 1 aromatic heterocycles.